The molecule has 4 rings (SSSR count). The van der Waals surface area contributed by atoms with E-state index in [0.29, 0.717) is 29.5 Å². The highest BCUT2D eigenvalue weighted by Crippen LogP contribution is 2.30. The van der Waals surface area contributed by atoms with Crippen molar-refractivity contribution >= 4 is 33.3 Å². The van der Waals surface area contributed by atoms with Gasteiger partial charge in [-0.2, -0.15) is 0 Å². The minimum atomic E-state index is -0.396. The summed E-state index contributed by atoms with van der Waals surface area (Å²) < 4.78 is 19.7. The number of rotatable bonds is 7. The lowest BCUT2D eigenvalue weighted by atomic mass is 10.00. The molecule has 1 unspecified atom stereocenters. The van der Waals surface area contributed by atoms with Crippen LogP contribution in [0.1, 0.15) is 53.2 Å². The Morgan fingerprint density at radius 2 is 2.24 bits per heavy atom. The summed E-state index contributed by atoms with van der Waals surface area (Å²) in [6, 6.07) is 3.13. The maximum atomic E-state index is 13.5. The lowest BCUT2D eigenvalue weighted by molar-refractivity contribution is 0.0968. The van der Waals surface area contributed by atoms with Crippen LogP contribution in [0.5, 0.6) is 0 Å². The molecule has 0 bridgehead atoms. The monoisotopic (exact) mass is 414 g/mol. The fourth-order valence-corrected chi connectivity index (χ4v) is 4.47. The molecule has 29 heavy (non-hydrogen) atoms. The van der Waals surface area contributed by atoms with E-state index in [4.69, 9.17) is 4.74 Å². The molecule has 1 N–H and O–H groups in total. The van der Waals surface area contributed by atoms with Crippen molar-refractivity contribution in [3.05, 3.63) is 46.5 Å². The smallest absolute Gasteiger partial charge is 0.224 e. The molecule has 1 saturated heterocycles. The third-order valence-corrected chi connectivity index (χ3v) is 6.18. The van der Waals surface area contributed by atoms with Crippen LogP contribution < -0.4 is 5.32 Å². The van der Waals surface area contributed by atoms with Gasteiger partial charge in [-0.05, 0) is 50.3 Å². The molecular weight excluding hydrogens is 391 g/mol. The number of pyridine rings is 1. The number of carbonyl (C=O) groups excluding carboxylic acids is 1. The summed E-state index contributed by atoms with van der Waals surface area (Å²) in [5, 5.41) is 3.18. The molecule has 1 fully saturated rings. The Balaban J connectivity index is 1.58. The van der Waals surface area contributed by atoms with Gasteiger partial charge in [0.25, 0.3) is 0 Å². The first-order valence-corrected chi connectivity index (χ1v) is 10.6. The number of nitrogens with zero attached hydrogens (tertiary/aromatic N) is 3. The van der Waals surface area contributed by atoms with E-state index in [9.17, 15) is 9.18 Å². The van der Waals surface area contributed by atoms with Gasteiger partial charge in [0.15, 0.2) is 5.78 Å². The molecule has 0 amide bonds. The van der Waals surface area contributed by atoms with Crippen LogP contribution in [-0.4, -0.2) is 33.9 Å². The molecule has 1 aliphatic heterocycles. The number of hydrogen-bond acceptors (Lipinski definition) is 7. The Bertz CT molecular complexity index is 1030. The number of fused-ring (bicyclic) bond motifs is 1. The molecule has 0 aromatic carbocycles. The van der Waals surface area contributed by atoms with E-state index >= 15 is 0 Å². The van der Waals surface area contributed by atoms with Gasteiger partial charge in [-0.25, -0.2) is 14.4 Å². The molecule has 0 radical (unpaired) electrons. The van der Waals surface area contributed by atoms with Crippen molar-refractivity contribution < 1.29 is 13.9 Å². The molecule has 1 aliphatic rings. The van der Waals surface area contributed by atoms with E-state index in [0.717, 1.165) is 41.1 Å². The lowest BCUT2D eigenvalue weighted by Gasteiger charge is -2.15. The molecule has 6 nitrogen and oxygen atoms in total. The number of carbonyl (C=O) groups is 1. The first-order chi connectivity index (χ1) is 14.0. The summed E-state index contributed by atoms with van der Waals surface area (Å²) in [5.41, 5.74) is 1.89. The summed E-state index contributed by atoms with van der Waals surface area (Å²) in [5.74, 6) is 0.432. The van der Waals surface area contributed by atoms with Crippen molar-refractivity contribution in [3.8, 4) is 0 Å². The molecule has 0 spiro atoms. The van der Waals surface area contributed by atoms with Gasteiger partial charge in [0.05, 0.1) is 22.5 Å². The summed E-state index contributed by atoms with van der Waals surface area (Å²) in [4.78, 5) is 27.0. The minimum Gasteiger partial charge on any atom is -0.381 e. The quantitative estimate of drug-likeness (QED) is 0.565. The summed E-state index contributed by atoms with van der Waals surface area (Å²) in [6.45, 7) is 5.38. The number of halogens is 1. The van der Waals surface area contributed by atoms with Gasteiger partial charge >= 0.3 is 0 Å². The SMILES string of the molecule is Cc1cc2nc(N[C@@H](C)c3cncc(F)c3)nc(C(=O)CCC3CCOC3)c2s1. The van der Waals surface area contributed by atoms with E-state index in [-0.39, 0.29) is 11.8 Å². The van der Waals surface area contributed by atoms with Crippen molar-refractivity contribution in [1.29, 1.82) is 0 Å². The maximum Gasteiger partial charge on any atom is 0.224 e. The second-order valence-corrected chi connectivity index (χ2v) is 8.72. The van der Waals surface area contributed by atoms with E-state index in [2.05, 4.69) is 20.3 Å². The van der Waals surface area contributed by atoms with Crippen LogP contribution in [0.3, 0.4) is 0 Å². The van der Waals surface area contributed by atoms with Gasteiger partial charge in [0.1, 0.15) is 11.5 Å². The van der Waals surface area contributed by atoms with Crippen LogP contribution in [0.15, 0.2) is 24.5 Å². The number of nitrogens with one attached hydrogen (secondary N) is 1. The van der Waals surface area contributed by atoms with E-state index in [1.165, 1.54) is 23.6 Å². The van der Waals surface area contributed by atoms with Crippen LogP contribution in [0.25, 0.3) is 10.2 Å². The van der Waals surface area contributed by atoms with Gasteiger partial charge in [-0.1, -0.05) is 0 Å². The topological polar surface area (TPSA) is 77.0 Å². The van der Waals surface area contributed by atoms with Gasteiger partial charge < -0.3 is 10.1 Å². The Kier molecular flexibility index (Phi) is 5.82. The average molecular weight is 415 g/mol. The molecule has 0 saturated carbocycles. The number of ketones is 1. The van der Waals surface area contributed by atoms with Gasteiger partial charge in [0.2, 0.25) is 5.95 Å². The van der Waals surface area contributed by atoms with Crippen LogP contribution in [-0.2, 0) is 4.74 Å². The highest BCUT2D eigenvalue weighted by atomic mass is 32.1. The Labute approximate surface area is 172 Å². The van der Waals surface area contributed by atoms with E-state index < -0.39 is 5.82 Å². The Morgan fingerprint density at radius 3 is 3.00 bits per heavy atom. The molecule has 3 aromatic heterocycles. The summed E-state index contributed by atoms with van der Waals surface area (Å²) in [6.07, 6.45) is 5.03. The fraction of sp³-hybridized carbons (Fsp3) is 0.429. The summed E-state index contributed by atoms with van der Waals surface area (Å²) in [7, 11) is 0. The van der Waals surface area contributed by atoms with Crippen LogP contribution in [0.4, 0.5) is 10.3 Å². The zero-order chi connectivity index (χ0) is 20.4. The normalized spacial score (nSPS) is 17.6. The zero-order valence-electron chi connectivity index (χ0n) is 16.4. The number of aromatic nitrogens is 3. The zero-order valence-corrected chi connectivity index (χ0v) is 17.3. The van der Waals surface area contributed by atoms with Gasteiger partial charge in [-0.15, -0.1) is 11.3 Å². The molecule has 8 heteroatoms. The fourth-order valence-electron chi connectivity index (χ4n) is 3.51. The second kappa shape index (κ2) is 8.51. The number of hydrogen-bond donors (Lipinski definition) is 1. The van der Waals surface area contributed by atoms with E-state index in [1.807, 2.05) is 19.9 Å². The van der Waals surface area contributed by atoms with Crippen molar-refractivity contribution in [1.82, 2.24) is 15.0 Å². The molecule has 4 heterocycles. The van der Waals surface area contributed by atoms with Crippen LogP contribution >= 0.6 is 11.3 Å². The maximum absolute atomic E-state index is 13.5. The van der Waals surface area contributed by atoms with Crippen LogP contribution in [0.2, 0.25) is 0 Å². The van der Waals surface area contributed by atoms with Crippen molar-refractivity contribution in [3.63, 3.8) is 0 Å². The van der Waals surface area contributed by atoms with Crippen molar-refractivity contribution in [2.75, 3.05) is 18.5 Å². The molecule has 0 aliphatic carbocycles. The Morgan fingerprint density at radius 1 is 1.38 bits per heavy atom. The third-order valence-electron chi connectivity index (χ3n) is 5.13. The number of thiophene rings is 1. The van der Waals surface area contributed by atoms with Crippen molar-refractivity contribution in [2.45, 2.75) is 39.2 Å². The standard InChI is InChI=1S/C21H23FN4O2S/c1-12-7-17-20(29-12)19(18(27)4-3-14-5-6-28-11-14)26-21(25-17)24-13(2)15-8-16(22)10-23-9-15/h7-10,13-14H,3-6,11H2,1-2H3,(H,24,25,26)/t13-,14?/m0/s1. The average Bonchev–Trinajstić information content (AvgIpc) is 3.34. The highest BCUT2D eigenvalue weighted by Gasteiger charge is 2.21. The lowest BCUT2D eigenvalue weighted by Crippen LogP contribution is -2.13. The molecule has 3 aromatic rings. The number of ether oxygens (including phenoxy) is 1. The van der Waals surface area contributed by atoms with E-state index in [1.54, 1.807) is 6.20 Å². The number of anilines is 1. The number of aryl methyl sites for hydroxylation is 1. The Hall–Kier alpha value is -2.45. The first-order valence-electron chi connectivity index (χ1n) is 9.75. The van der Waals surface area contributed by atoms with Gasteiger partial charge in [-0.3, -0.25) is 9.78 Å². The minimum absolute atomic E-state index is 0.0225. The molecular formula is C21H23FN4O2S. The largest absolute Gasteiger partial charge is 0.381 e. The third kappa shape index (κ3) is 4.59. The van der Waals surface area contributed by atoms with Gasteiger partial charge in [0, 0.05) is 30.7 Å². The molecule has 152 valence electrons. The summed E-state index contributed by atoms with van der Waals surface area (Å²) >= 11 is 1.53. The van der Waals surface area contributed by atoms with Crippen LogP contribution in [0, 0.1) is 18.7 Å². The highest BCUT2D eigenvalue weighted by molar-refractivity contribution is 7.19. The molecule has 2 atom stereocenters. The predicted octanol–water partition coefficient (Wildman–Crippen LogP) is 4.71. The van der Waals surface area contributed by atoms with Crippen molar-refractivity contribution in [2.24, 2.45) is 5.92 Å². The first kappa shape index (κ1) is 19.8. The predicted molar refractivity (Wildman–Crippen MR) is 111 cm³/mol. The second-order valence-electron chi connectivity index (χ2n) is 7.46. The number of Topliss-reactive ketones (excluding diaryl/α,β-unsaturated/α-hetero) is 1.